The predicted octanol–water partition coefficient (Wildman–Crippen LogP) is 3.34. The van der Waals surface area contributed by atoms with Crippen molar-refractivity contribution >= 4 is 5.97 Å². The number of ether oxygens (including phenoxy) is 1. The number of carbonyl (C=O) groups is 1. The van der Waals surface area contributed by atoms with Gasteiger partial charge in [-0.2, -0.15) is 0 Å². The molecule has 0 saturated carbocycles. The number of carbonyl (C=O) groups excluding carboxylic acids is 1. The maximum Gasteiger partial charge on any atom is 0.304 e. The van der Waals surface area contributed by atoms with Crippen LogP contribution in [0.4, 0.5) is 0 Å². The van der Waals surface area contributed by atoms with Gasteiger partial charge in [-0.1, -0.05) is 31.3 Å². The molecule has 0 radical (unpaired) electrons. The Hall–Kier alpha value is -1.86. The van der Waals surface area contributed by atoms with Gasteiger partial charge >= 0.3 is 5.97 Å². The standard InChI is InChI=1S/C19H26N2O2/c1-4-19(3,23-16(2)22)11-8-14-21-13-6-5-10-18(21)17-9-7-12-20-15-17/h7,9,12,15,18H,4-6,10,13-14H2,1-3H3/t18-,19-/m1/s1. The Labute approximate surface area is 139 Å². The molecule has 0 amide bonds. The molecule has 4 nitrogen and oxygen atoms in total. The molecule has 1 aliphatic rings. The number of nitrogens with zero attached hydrogens (tertiary/aromatic N) is 2. The van der Waals surface area contributed by atoms with Crippen molar-refractivity contribution in [1.82, 2.24) is 9.88 Å². The van der Waals surface area contributed by atoms with Crippen molar-refractivity contribution in [1.29, 1.82) is 0 Å². The second-order valence-electron chi connectivity index (χ2n) is 6.25. The minimum atomic E-state index is -0.689. The molecule has 1 aliphatic heterocycles. The van der Waals surface area contributed by atoms with Gasteiger partial charge < -0.3 is 4.74 Å². The largest absolute Gasteiger partial charge is 0.446 e. The van der Waals surface area contributed by atoms with Crippen LogP contribution in [0.3, 0.4) is 0 Å². The number of hydrogen-bond donors (Lipinski definition) is 0. The van der Waals surface area contributed by atoms with Crippen molar-refractivity contribution in [3.8, 4) is 11.8 Å². The smallest absolute Gasteiger partial charge is 0.304 e. The third kappa shape index (κ3) is 5.07. The summed E-state index contributed by atoms with van der Waals surface area (Å²) in [4.78, 5) is 17.9. The first kappa shape index (κ1) is 17.5. The summed E-state index contributed by atoms with van der Waals surface area (Å²) in [7, 11) is 0. The molecule has 0 bridgehead atoms. The number of hydrogen-bond acceptors (Lipinski definition) is 4. The summed E-state index contributed by atoms with van der Waals surface area (Å²) in [5, 5.41) is 0. The van der Waals surface area contributed by atoms with Gasteiger partial charge in [-0.05, 0) is 44.4 Å². The molecule has 1 fully saturated rings. The first-order valence-corrected chi connectivity index (χ1v) is 8.37. The first-order valence-electron chi connectivity index (χ1n) is 8.37. The van der Waals surface area contributed by atoms with Crippen molar-refractivity contribution in [2.45, 2.75) is 58.1 Å². The second-order valence-corrected chi connectivity index (χ2v) is 6.25. The van der Waals surface area contributed by atoms with Gasteiger partial charge in [0.1, 0.15) is 0 Å². The van der Waals surface area contributed by atoms with Crippen LogP contribution in [0.25, 0.3) is 0 Å². The topological polar surface area (TPSA) is 42.4 Å². The Morgan fingerprint density at radius 2 is 2.35 bits per heavy atom. The number of piperidine rings is 1. The van der Waals surface area contributed by atoms with Crippen LogP contribution in [0, 0.1) is 11.8 Å². The lowest BCUT2D eigenvalue weighted by molar-refractivity contribution is -0.150. The molecular formula is C19H26N2O2. The highest BCUT2D eigenvalue weighted by atomic mass is 16.6. The van der Waals surface area contributed by atoms with E-state index in [4.69, 9.17) is 4.74 Å². The zero-order valence-corrected chi connectivity index (χ0v) is 14.3. The highest BCUT2D eigenvalue weighted by molar-refractivity contribution is 5.67. The number of likely N-dealkylation sites (tertiary alicyclic amines) is 1. The molecule has 0 N–H and O–H groups in total. The first-order chi connectivity index (χ1) is 11.0. The van der Waals surface area contributed by atoms with E-state index < -0.39 is 5.60 Å². The monoisotopic (exact) mass is 314 g/mol. The summed E-state index contributed by atoms with van der Waals surface area (Å²) >= 11 is 0. The molecule has 1 aromatic rings. The van der Waals surface area contributed by atoms with Crippen LogP contribution in [0.5, 0.6) is 0 Å². The molecule has 2 atom stereocenters. The fraction of sp³-hybridized carbons (Fsp3) is 0.579. The summed E-state index contributed by atoms with van der Waals surface area (Å²) < 4.78 is 5.35. The maximum absolute atomic E-state index is 11.2. The number of esters is 1. The van der Waals surface area contributed by atoms with Gasteiger partial charge in [0.05, 0.1) is 6.54 Å². The van der Waals surface area contributed by atoms with Crippen molar-refractivity contribution in [3.05, 3.63) is 30.1 Å². The third-order valence-corrected chi connectivity index (χ3v) is 4.36. The van der Waals surface area contributed by atoms with E-state index >= 15 is 0 Å². The van der Waals surface area contributed by atoms with Crippen LogP contribution in [0.1, 0.15) is 58.1 Å². The van der Waals surface area contributed by atoms with E-state index in [2.05, 4.69) is 27.8 Å². The van der Waals surface area contributed by atoms with Crippen molar-refractivity contribution in [3.63, 3.8) is 0 Å². The van der Waals surface area contributed by atoms with E-state index in [1.807, 2.05) is 32.3 Å². The predicted molar refractivity (Wildman–Crippen MR) is 90.6 cm³/mol. The minimum Gasteiger partial charge on any atom is -0.446 e. The van der Waals surface area contributed by atoms with Gasteiger partial charge in [0.15, 0.2) is 5.60 Å². The highest BCUT2D eigenvalue weighted by Gasteiger charge is 2.25. The zero-order chi connectivity index (χ0) is 16.7. The molecule has 2 heterocycles. The number of pyridine rings is 1. The molecule has 2 rings (SSSR count). The zero-order valence-electron chi connectivity index (χ0n) is 14.3. The van der Waals surface area contributed by atoms with E-state index in [9.17, 15) is 4.79 Å². The fourth-order valence-electron chi connectivity index (χ4n) is 2.96. The average molecular weight is 314 g/mol. The van der Waals surface area contributed by atoms with Crippen LogP contribution >= 0.6 is 0 Å². The van der Waals surface area contributed by atoms with Crippen LogP contribution in [-0.2, 0) is 9.53 Å². The molecule has 23 heavy (non-hydrogen) atoms. The quantitative estimate of drug-likeness (QED) is 0.631. The molecule has 1 saturated heterocycles. The van der Waals surface area contributed by atoms with E-state index in [1.165, 1.54) is 25.3 Å². The molecule has 0 aromatic carbocycles. The fourth-order valence-corrected chi connectivity index (χ4v) is 2.96. The lowest BCUT2D eigenvalue weighted by Crippen LogP contribution is -2.34. The summed E-state index contributed by atoms with van der Waals surface area (Å²) in [6.07, 6.45) is 8.03. The molecule has 124 valence electrons. The van der Waals surface area contributed by atoms with Gasteiger partial charge in [0, 0.05) is 25.4 Å². The Morgan fingerprint density at radius 3 is 3.00 bits per heavy atom. The van der Waals surface area contributed by atoms with Gasteiger partial charge in [-0.25, -0.2) is 0 Å². The molecule has 4 heteroatoms. The molecule has 0 spiro atoms. The summed E-state index contributed by atoms with van der Waals surface area (Å²) in [6.45, 7) is 7.02. The lowest BCUT2D eigenvalue weighted by atomic mass is 9.96. The minimum absolute atomic E-state index is 0.283. The third-order valence-electron chi connectivity index (χ3n) is 4.36. The molecule has 1 aromatic heterocycles. The average Bonchev–Trinajstić information content (AvgIpc) is 2.55. The normalized spacial score (nSPS) is 20.9. The second kappa shape index (κ2) is 8.12. The van der Waals surface area contributed by atoms with Crippen LogP contribution in [-0.4, -0.2) is 34.5 Å². The Kier molecular flexibility index (Phi) is 6.18. The summed E-state index contributed by atoms with van der Waals surface area (Å²) in [5.41, 5.74) is 0.568. The highest BCUT2D eigenvalue weighted by Crippen LogP contribution is 2.29. The summed E-state index contributed by atoms with van der Waals surface area (Å²) in [6, 6.07) is 4.51. The van der Waals surface area contributed by atoms with E-state index in [0.717, 1.165) is 13.0 Å². The van der Waals surface area contributed by atoms with Crippen LogP contribution in [0.15, 0.2) is 24.5 Å². The lowest BCUT2D eigenvalue weighted by Gasteiger charge is -2.34. The SMILES string of the molecule is CC[C@](C)(C#CCN1CCCC[C@@H]1c1cccnc1)OC(C)=O. The van der Waals surface area contributed by atoms with Gasteiger partial charge in [0.25, 0.3) is 0 Å². The van der Waals surface area contributed by atoms with Crippen LogP contribution < -0.4 is 0 Å². The number of aromatic nitrogens is 1. The van der Waals surface area contributed by atoms with Crippen LogP contribution in [0.2, 0.25) is 0 Å². The van der Waals surface area contributed by atoms with Crippen molar-refractivity contribution < 1.29 is 9.53 Å². The Bertz CT molecular complexity index is 576. The molecule has 0 aliphatic carbocycles. The maximum atomic E-state index is 11.2. The Balaban J connectivity index is 2.06. The van der Waals surface area contributed by atoms with Gasteiger partial charge in [0.2, 0.25) is 0 Å². The van der Waals surface area contributed by atoms with Crippen molar-refractivity contribution in [2.75, 3.05) is 13.1 Å². The number of rotatable bonds is 4. The van der Waals surface area contributed by atoms with Crippen molar-refractivity contribution in [2.24, 2.45) is 0 Å². The summed E-state index contributed by atoms with van der Waals surface area (Å²) in [5.74, 6) is 6.09. The van der Waals surface area contributed by atoms with E-state index in [-0.39, 0.29) is 5.97 Å². The van der Waals surface area contributed by atoms with Gasteiger partial charge in [-0.3, -0.25) is 14.7 Å². The van der Waals surface area contributed by atoms with E-state index in [1.54, 1.807) is 0 Å². The van der Waals surface area contributed by atoms with Gasteiger partial charge in [-0.15, -0.1) is 0 Å². The molecular weight excluding hydrogens is 288 g/mol. The van der Waals surface area contributed by atoms with E-state index in [0.29, 0.717) is 19.0 Å². The molecule has 0 unspecified atom stereocenters. The Morgan fingerprint density at radius 1 is 1.52 bits per heavy atom.